The van der Waals surface area contributed by atoms with E-state index in [-0.39, 0.29) is 11.4 Å². The van der Waals surface area contributed by atoms with Crippen LogP contribution < -0.4 is 10.0 Å². The molecule has 0 aromatic carbocycles. The number of rotatable bonds is 10. The van der Waals surface area contributed by atoms with Crippen molar-refractivity contribution in [2.24, 2.45) is 0 Å². The number of sulfonamides is 1. The number of ether oxygens (including phenoxy) is 2. The zero-order valence-corrected chi connectivity index (χ0v) is 12.6. The number of hydrogen-bond donors (Lipinski definition) is 2. The van der Waals surface area contributed by atoms with Gasteiger partial charge in [-0.3, -0.25) is 0 Å². The maximum absolute atomic E-state index is 11.9. The van der Waals surface area contributed by atoms with Gasteiger partial charge in [-0.25, -0.2) is 18.1 Å². The molecule has 7 nitrogen and oxygen atoms in total. The Bertz CT molecular complexity index is 476. The minimum atomic E-state index is -3.54. The third-order valence-corrected chi connectivity index (χ3v) is 3.82. The first-order valence-electron chi connectivity index (χ1n) is 6.36. The molecule has 1 heterocycles. The highest BCUT2D eigenvalue weighted by atomic mass is 32.2. The molecular weight excluding hydrogens is 282 g/mol. The molecule has 0 radical (unpaired) electrons. The Kier molecular flexibility index (Phi) is 7.45. The molecule has 1 aromatic rings. The normalized spacial score (nSPS) is 11.5. The molecule has 0 fully saturated rings. The molecule has 1 aromatic heterocycles. The molecule has 0 saturated heterocycles. The average molecular weight is 303 g/mol. The molecule has 2 N–H and O–H groups in total. The third-order valence-electron chi connectivity index (χ3n) is 2.37. The topological polar surface area (TPSA) is 89.6 Å². The molecule has 8 heteroatoms. The van der Waals surface area contributed by atoms with Crippen LogP contribution in [0.3, 0.4) is 0 Å². The summed E-state index contributed by atoms with van der Waals surface area (Å²) in [6.07, 6.45) is 1.33. The van der Waals surface area contributed by atoms with Crippen molar-refractivity contribution in [2.45, 2.75) is 11.8 Å². The van der Waals surface area contributed by atoms with Gasteiger partial charge in [0.2, 0.25) is 10.0 Å². The summed E-state index contributed by atoms with van der Waals surface area (Å²) < 4.78 is 36.3. The van der Waals surface area contributed by atoms with Gasteiger partial charge in [0.1, 0.15) is 10.7 Å². The number of anilines is 1. The first kappa shape index (κ1) is 16.8. The van der Waals surface area contributed by atoms with Crippen molar-refractivity contribution in [3.8, 4) is 0 Å². The second kappa shape index (κ2) is 8.85. The van der Waals surface area contributed by atoms with Gasteiger partial charge in [0.15, 0.2) is 0 Å². The Morgan fingerprint density at radius 3 is 2.65 bits per heavy atom. The van der Waals surface area contributed by atoms with Gasteiger partial charge in [-0.15, -0.1) is 0 Å². The lowest BCUT2D eigenvalue weighted by molar-refractivity contribution is 0.0736. The van der Waals surface area contributed by atoms with E-state index in [1.54, 1.807) is 13.2 Å². The summed E-state index contributed by atoms with van der Waals surface area (Å²) in [7, 11) is -1.96. The van der Waals surface area contributed by atoms with Gasteiger partial charge in [-0.05, 0) is 19.1 Å². The Balaban J connectivity index is 2.43. The highest BCUT2D eigenvalue weighted by Gasteiger charge is 2.13. The van der Waals surface area contributed by atoms with E-state index in [0.717, 1.165) is 6.54 Å². The van der Waals surface area contributed by atoms with E-state index in [0.29, 0.717) is 25.6 Å². The molecule has 0 atom stereocenters. The standard InChI is InChI=1S/C12H21N3O4S/c1-3-13-12-5-4-11(10-14-12)20(16,17)15-6-7-19-9-8-18-2/h4-5,10,15H,3,6-9H2,1-2H3,(H,13,14). The second-order valence-electron chi connectivity index (χ2n) is 3.91. The van der Waals surface area contributed by atoms with Gasteiger partial charge in [-0.1, -0.05) is 0 Å². The summed E-state index contributed by atoms with van der Waals surface area (Å²) in [5.74, 6) is 0.648. The van der Waals surface area contributed by atoms with Crippen molar-refractivity contribution in [3.05, 3.63) is 18.3 Å². The van der Waals surface area contributed by atoms with Gasteiger partial charge in [-0.2, -0.15) is 0 Å². The average Bonchev–Trinajstić information content (AvgIpc) is 2.44. The molecule has 114 valence electrons. The van der Waals surface area contributed by atoms with Crippen LogP contribution in [0.4, 0.5) is 5.82 Å². The van der Waals surface area contributed by atoms with Gasteiger partial charge in [0.05, 0.1) is 19.8 Å². The van der Waals surface area contributed by atoms with Crippen molar-refractivity contribution in [2.75, 3.05) is 45.3 Å². The quantitative estimate of drug-likeness (QED) is 0.610. The van der Waals surface area contributed by atoms with Crippen LogP contribution in [0.5, 0.6) is 0 Å². The van der Waals surface area contributed by atoms with E-state index in [4.69, 9.17) is 9.47 Å². The lowest BCUT2D eigenvalue weighted by atomic mass is 10.4. The van der Waals surface area contributed by atoms with Crippen molar-refractivity contribution < 1.29 is 17.9 Å². The Labute approximate surface area is 119 Å². The Morgan fingerprint density at radius 2 is 2.05 bits per heavy atom. The van der Waals surface area contributed by atoms with Gasteiger partial charge < -0.3 is 14.8 Å². The maximum Gasteiger partial charge on any atom is 0.242 e. The summed E-state index contributed by atoms with van der Waals surface area (Å²) in [6.45, 7) is 4.11. The highest BCUT2D eigenvalue weighted by Crippen LogP contribution is 2.10. The molecule has 1 rings (SSSR count). The van der Waals surface area contributed by atoms with Crippen LogP contribution >= 0.6 is 0 Å². The number of nitrogens with one attached hydrogen (secondary N) is 2. The maximum atomic E-state index is 11.9. The van der Waals surface area contributed by atoms with E-state index in [1.165, 1.54) is 12.3 Å². The first-order chi connectivity index (χ1) is 9.60. The molecule has 0 unspecified atom stereocenters. The summed E-state index contributed by atoms with van der Waals surface area (Å²) in [6, 6.07) is 3.15. The molecule has 20 heavy (non-hydrogen) atoms. The fourth-order valence-electron chi connectivity index (χ4n) is 1.40. The van der Waals surface area contributed by atoms with Crippen LogP contribution in [0, 0.1) is 0 Å². The predicted octanol–water partition coefficient (Wildman–Crippen LogP) is 0.455. The summed E-state index contributed by atoms with van der Waals surface area (Å²) in [5.41, 5.74) is 0. The highest BCUT2D eigenvalue weighted by molar-refractivity contribution is 7.89. The minimum absolute atomic E-state index is 0.135. The van der Waals surface area contributed by atoms with Crippen molar-refractivity contribution in [1.82, 2.24) is 9.71 Å². The van der Waals surface area contributed by atoms with Crippen LogP contribution in [0.15, 0.2) is 23.2 Å². The van der Waals surface area contributed by atoms with Gasteiger partial charge in [0, 0.05) is 26.4 Å². The lowest BCUT2D eigenvalue weighted by Gasteiger charge is -2.08. The molecular formula is C12H21N3O4S. The largest absolute Gasteiger partial charge is 0.382 e. The fraction of sp³-hybridized carbons (Fsp3) is 0.583. The van der Waals surface area contributed by atoms with E-state index in [1.807, 2.05) is 6.92 Å². The second-order valence-corrected chi connectivity index (χ2v) is 5.68. The Morgan fingerprint density at radius 1 is 1.25 bits per heavy atom. The summed E-state index contributed by atoms with van der Waals surface area (Å²) in [5, 5.41) is 3.00. The van der Waals surface area contributed by atoms with Crippen LogP contribution in [0.2, 0.25) is 0 Å². The van der Waals surface area contributed by atoms with Crippen LogP contribution in [-0.4, -0.2) is 53.4 Å². The van der Waals surface area contributed by atoms with Crippen LogP contribution in [0.25, 0.3) is 0 Å². The molecule has 0 saturated carbocycles. The van der Waals surface area contributed by atoms with Crippen molar-refractivity contribution in [1.29, 1.82) is 0 Å². The van der Waals surface area contributed by atoms with Gasteiger partial charge >= 0.3 is 0 Å². The number of methoxy groups -OCH3 is 1. The number of aromatic nitrogens is 1. The minimum Gasteiger partial charge on any atom is -0.382 e. The smallest absolute Gasteiger partial charge is 0.242 e. The number of pyridine rings is 1. The SMILES string of the molecule is CCNc1ccc(S(=O)(=O)NCCOCCOC)cn1. The zero-order chi connectivity index (χ0) is 14.8. The van der Waals surface area contributed by atoms with E-state index >= 15 is 0 Å². The monoisotopic (exact) mass is 303 g/mol. The zero-order valence-electron chi connectivity index (χ0n) is 11.8. The molecule has 0 amide bonds. The van der Waals surface area contributed by atoms with Crippen molar-refractivity contribution in [3.63, 3.8) is 0 Å². The Hall–Kier alpha value is -1.22. The molecule has 0 aliphatic rings. The third kappa shape index (κ3) is 5.83. The van der Waals surface area contributed by atoms with E-state index < -0.39 is 10.0 Å². The molecule has 0 aliphatic carbocycles. The molecule has 0 aliphatic heterocycles. The summed E-state index contributed by atoms with van der Waals surface area (Å²) in [4.78, 5) is 4.16. The molecule has 0 spiro atoms. The van der Waals surface area contributed by atoms with E-state index in [9.17, 15) is 8.42 Å². The lowest BCUT2D eigenvalue weighted by Crippen LogP contribution is -2.28. The van der Waals surface area contributed by atoms with Crippen LogP contribution in [0.1, 0.15) is 6.92 Å². The number of nitrogens with zero attached hydrogens (tertiary/aromatic N) is 1. The van der Waals surface area contributed by atoms with Crippen molar-refractivity contribution >= 4 is 15.8 Å². The van der Waals surface area contributed by atoms with E-state index in [2.05, 4.69) is 15.0 Å². The van der Waals surface area contributed by atoms with Crippen LogP contribution in [-0.2, 0) is 19.5 Å². The molecule has 0 bridgehead atoms. The fourth-order valence-corrected chi connectivity index (χ4v) is 2.36. The van der Waals surface area contributed by atoms with Gasteiger partial charge in [0.25, 0.3) is 0 Å². The number of hydrogen-bond acceptors (Lipinski definition) is 6. The summed E-state index contributed by atoms with van der Waals surface area (Å²) >= 11 is 0. The first-order valence-corrected chi connectivity index (χ1v) is 7.84. The predicted molar refractivity (Wildman–Crippen MR) is 76.3 cm³/mol.